The fraction of sp³-hybridized carbons (Fsp3) is 0.150. The molecular weight excluding hydrogens is 457 g/mol. The number of hydrogen-bond acceptors (Lipinski definition) is 4. The van der Waals surface area contributed by atoms with Gasteiger partial charge in [0.1, 0.15) is 0 Å². The molecular formula is C20H18IN3O3. The van der Waals surface area contributed by atoms with Gasteiger partial charge < -0.3 is 4.74 Å². The number of anilines is 1. The van der Waals surface area contributed by atoms with E-state index in [1.807, 2.05) is 36.4 Å². The molecule has 0 saturated carbocycles. The highest BCUT2D eigenvalue weighted by molar-refractivity contribution is 14.1. The van der Waals surface area contributed by atoms with Gasteiger partial charge in [0.05, 0.1) is 18.8 Å². The highest BCUT2D eigenvalue weighted by Crippen LogP contribution is 2.18. The smallest absolute Gasteiger partial charge is 0.411 e. The van der Waals surface area contributed by atoms with E-state index < -0.39 is 6.09 Å². The number of hydrogen-bond donors (Lipinski definition) is 1. The lowest BCUT2D eigenvalue weighted by atomic mass is 10.1. The van der Waals surface area contributed by atoms with E-state index in [9.17, 15) is 9.59 Å². The molecule has 7 heteroatoms. The van der Waals surface area contributed by atoms with E-state index in [1.165, 1.54) is 10.7 Å². The summed E-state index contributed by atoms with van der Waals surface area (Å²) in [5, 5.41) is 7.15. The van der Waals surface area contributed by atoms with Crippen LogP contribution in [0.5, 0.6) is 0 Å². The first-order valence-electron chi connectivity index (χ1n) is 8.42. The largest absolute Gasteiger partial charge is 0.450 e. The summed E-state index contributed by atoms with van der Waals surface area (Å²) in [7, 11) is 0. The maximum absolute atomic E-state index is 12.2. The van der Waals surface area contributed by atoms with Crippen molar-refractivity contribution in [3.8, 4) is 11.3 Å². The number of ether oxygens (including phenoxy) is 1. The van der Waals surface area contributed by atoms with Crippen LogP contribution in [0.2, 0.25) is 0 Å². The van der Waals surface area contributed by atoms with E-state index in [4.69, 9.17) is 4.74 Å². The Morgan fingerprint density at radius 3 is 2.74 bits per heavy atom. The second kappa shape index (κ2) is 8.81. The van der Waals surface area contributed by atoms with E-state index in [0.717, 1.165) is 20.4 Å². The number of carbonyl (C=O) groups is 1. The third-order valence-electron chi connectivity index (χ3n) is 3.77. The van der Waals surface area contributed by atoms with Crippen molar-refractivity contribution in [2.45, 2.75) is 13.5 Å². The summed E-state index contributed by atoms with van der Waals surface area (Å²) in [5.74, 6) is 0. The van der Waals surface area contributed by atoms with Crippen molar-refractivity contribution in [3.05, 3.63) is 80.2 Å². The molecule has 1 amide bonds. The fourth-order valence-electron chi connectivity index (χ4n) is 2.57. The molecule has 0 unspecified atom stereocenters. The first-order chi connectivity index (χ1) is 13.0. The van der Waals surface area contributed by atoms with Gasteiger partial charge in [-0.3, -0.25) is 10.1 Å². The minimum Gasteiger partial charge on any atom is -0.450 e. The van der Waals surface area contributed by atoms with E-state index >= 15 is 0 Å². The Hall–Kier alpha value is -2.68. The van der Waals surface area contributed by atoms with E-state index in [0.29, 0.717) is 18.8 Å². The van der Waals surface area contributed by atoms with Gasteiger partial charge in [-0.25, -0.2) is 9.48 Å². The molecule has 138 valence electrons. The van der Waals surface area contributed by atoms with Crippen LogP contribution in [0.3, 0.4) is 0 Å². The monoisotopic (exact) mass is 475 g/mol. The molecule has 0 radical (unpaired) electrons. The lowest BCUT2D eigenvalue weighted by Gasteiger charge is -2.10. The zero-order chi connectivity index (χ0) is 19.2. The topological polar surface area (TPSA) is 73.2 Å². The molecule has 0 aliphatic heterocycles. The maximum Gasteiger partial charge on any atom is 0.411 e. The Balaban J connectivity index is 1.84. The Labute approximate surface area is 170 Å². The van der Waals surface area contributed by atoms with Crippen LogP contribution in [0.1, 0.15) is 12.5 Å². The zero-order valence-corrected chi connectivity index (χ0v) is 16.8. The number of rotatable bonds is 5. The first kappa shape index (κ1) is 19.1. The number of halogens is 1. The van der Waals surface area contributed by atoms with Crippen LogP contribution in [-0.2, 0) is 11.3 Å². The summed E-state index contributed by atoms with van der Waals surface area (Å²) in [6.45, 7) is 2.35. The molecule has 0 aliphatic rings. The highest BCUT2D eigenvalue weighted by Gasteiger charge is 2.07. The summed E-state index contributed by atoms with van der Waals surface area (Å²) in [5.41, 5.74) is 2.95. The Morgan fingerprint density at radius 1 is 1.15 bits per heavy atom. The van der Waals surface area contributed by atoms with Crippen molar-refractivity contribution >= 4 is 34.4 Å². The van der Waals surface area contributed by atoms with Crippen molar-refractivity contribution in [1.29, 1.82) is 0 Å². The quantitative estimate of drug-likeness (QED) is 0.564. The van der Waals surface area contributed by atoms with Crippen LogP contribution < -0.4 is 10.9 Å². The fourth-order valence-corrected chi connectivity index (χ4v) is 3.11. The molecule has 0 fully saturated rings. The van der Waals surface area contributed by atoms with Gasteiger partial charge in [0.25, 0.3) is 5.56 Å². The summed E-state index contributed by atoms with van der Waals surface area (Å²) < 4.78 is 7.39. The summed E-state index contributed by atoms with van der Waals surface area (Å²) in [6.07, 6.45) is -0.509. The van der Waals surface area contributed by atoms with Crippen LogP contribution >= 0.6 is 22.6 Å². The van der Waals surface area contributed by atoms with Gasteiger partial charge in [0.2, 0.25) is 0 Å². The van der Waals surface area contributed by atoms with Crippen LogP contribution in [-0.4, -0.2) is 22.5 Å². The van der Waals surface area contributed by atoms with Crippen molar-refractivity contribution in [1.82, 2.24) is 9.78 Å². The number of nitrogens with one attached hydrogen (secondary N) is 1. The van der Waals surface area contributed by atoms with Gasteiger partial charge in [0, 0.05) is 20.9 Å². The third-order valence-corrected chi connectivity index (χ3v) is 4.44. The average molecular weight is 475 g/mol. The van der Waals surface area contributed by atoms with E-state index in [-0.39, 0.29) is 5.56 Å². The minimum atomic E-state index is -0.509. The van der Waals surface area contributed by atoms with Gasteiger partial charge in [-0.05, 0) is 65.4 Å². The van der Waals surface area contributed by atoms with E-state index in [2.05, 4.69) is 33.0 Å². The van der Waals surface area contributed by atoms with Crippen molar-refractivity contribution in [2.24, 2.45) is 0 Å². The SMILES string of the molecule is CCOC(=O)Nc1cccc(Cn2nc(-c3cccc(I)c3)ccc2=O)c1. The molecule has 3 rings (SSSR count). The lowest BCUT2D eigenvalue weighted by molar-refractivity contribution is 0.168. The molecule has 0 bridgehead atoms. The van der Waals surface area contributed by atoms with Gasteiger partial charge in [-0.1, -0.05) is 24.3 Å². The molecule has 0 atom stereocenters. The number of nitrogens with zero attached hydrogens (tertiary/aromatic N) is 2. The Morgan fingerprint density at radius 2 is 1.96 bits per heavy atom. The molecule has 0 aliphatic carbocycles. The molecule has 27 heavy (non-hydrogen) atoms. The van der Waals surface area contributed by atoms with Gasteiger partial charge in [0.15, 0.2) is 0 Å². The molecule has 3 aromatic rings. The van der Waals surface area contributed by atoms with Crippen molar-refractivity contribution < 1.29 is 9.53 Å². The molecule has 1 N–H and O–H groups in total. The number of amides is 1. The summed E-state index contributed by atoms with van der Waals surface area (Å²) in [4.78, 5) is 23.8. The number of aromatic nitrogens is 2. The van der Waals surface area contributed by atoms with Crippen molar-refractivity contribution in [3.63, 3.8) is 0 Å². The van der Waals surface area contributed by atoms with Gasteiger partial charge in [-0.15, -0.1) is 0 Å². The summed E-state index contributed by atoms with van der Waals surface area (Å²) in [6, 6.07) is 18.4. The predicted molar refractivity (Wildman–Crippen MR) is 113 cm³/mol. The maximum atomic E-state index is 12.2. The predicted octanol–water partition coefficient (Wildman–Crippen LogP) is 4.13. The molecule has 6 nitrogen and oxygen atoms in total. The number of carbonyl (C=O) groups excluding carboxylic acids is 1. The third kappa shape index (κ3) is 5.16. The van der Waals surface area contributed by atoms with Gasteiger partial charge in [-0.2, -0.15) is 5.10 Å². The van der Waals surface area contributed by atoms with Crippen LogP contribution in [0.15, 0.2) is 65.5 Å². The summed E-state index contributed by atoms with van der Waals surface area (Å²) >= 11 is 2.24. The van der Waals surface area contributed by atoms with Crippen LogP contribution in [0.25, 0.3) is 11.3 Å². The minimum absolute atomic E-state index is 0.187. The molecule has 2 aromatic carbocycles. The molecule has 0 spiro atoms. The molecule has 0 saturated heterocycles. The lowest BCUT2D eigenvalue weighted by Crippen LogP contribution is -2.23. The Bertz CT molecular complexity index is 1020. The second-order valence-electron chi connectivity index (χ2n) is 5.77. The highest BCUT2D eigenvalue weighted by atomic mass is 127. The first-order valence-corrected chi connectivity index (χ1v) is 9.50. The zero-order valence-electron chi connectivity index (χ0n) is 14.7. The molecule has 1 aromatic heterocycles. The van der Waals surface area contributed by atoms with Gasteiger partial charge >= 0.3 is 6.09 Å². The van der Waals surface area contributed by atoms with Crippen molar-refractivity contribution in [2.75, 3.05) is 11.9 Å². The normalized spacial score (nSPS) is 10.4. The Kier molecular flexibility index (Phi) is 6.23. The second-order valence-corrected chi connectivity index (χ2v) is 7.02. The molecule has 1 heterocycles. The van der Waals surface area contributed by atoms with Crippen LogP contribution in [0.4, 0.5) is 10.5 Å². The average Bonchev–Trinajstić information content (AvgIpc) is 2.64. The standard InChI is InChI=1S/C20H18IN3O3/c1-2-27-20(26)22-17-8-3-5-14(11-17)13-24-19(25)10-9-18(23-24)15-6-4-7-16(21)12-15/h3-12H,2,13H2,1H3,(H,22,26). The number of benzene rings is 2. The van der Waals surface area contributed by atoms with Crippen LogP contribution in [0, 0.1) is 3.57 Å². The van der Waals surface area contributed by atoms with E-state index in [1.54, 1.807) is 25.1 Å².